The molecule has 25 heavy (non-hydrogen) atoms. The summed E-state index contributed by atoms with van der Waals surface area (Å²) in [6.45, 7) is 5.58. The average Bonchev–Trinajstić information content (AvgIpc) is 2.61. The molecular weight excluding hydrogens is 318 g/mol. The Bertz CT molecular complexity index is 1050. The number of rotatable bonds is 5. The average molecular weight is 338 g/mol. The summed E-state index contributed by atoms with van der Waals surface area (Å²) in [5.74, 6) is 0.316. The Kier molecular flexibility index (Phi) is 4.63. The second-order valence-corrected chi connectivity index (χ2v) is 5.80. The summed E-state index contributed by atoms with van der Waals surface area (Å²) in [5.41, 5.74) is 8.19. The zero-order valence-electron chi connectivity index (χ0n) is 14.3. The first kappa shape index (κ1) is 16.9. The molecule has 0 aliphatic rings. The minimum Gasteiger partial charge on any atom is -0.382 e. The van der Waals surface area contributed by atoms with Gasteiger partial charge in [-0.3, -0.25) is 9.20 Å². The van der Waals surface area contributed by atoms with Crippen LogP contribution in [0.2, 0.25) is 0 Å². The quantitative estimate of drug-likeness (QED) is 0.430. The summed E-state index contributed by atoms with van der Waals surface area (Å²) in [6, 6.07) is 7.29. The van der Waals surface area contributed by atoms with Gasteiger partial charge >= 0.3 is 0 Å². The summed E-state index contributed by atoms with van der Waals surface area (Å²) < 4.78 is 8.61. The fourth-order valence-electron chi connectivity index (χ4n) is 2.90. The van der Waals surface area contributed by atoms with E-state index in [0.29, 0.717) is 48.7 Å². The molecule has 0 fully saturated rings. The first-order valence-electron chi connectivity index (χ1n) is 8.20. The van der Waals surface area contributed by atoms with E-state index in [2.05, 4.69) is 11.1 Å². The van der Waals surface area contributed by atoms with Crippen LogP contribution in [0.5, 0.6) is 0 Å². The fraction of sp³-hybridized carbons (Fsp3) is 0.333. The third-order valence-corrected chi connectivity index (χ3v) is 4.17. The molecule has 0 unspecified atom stereocenters. The number of anilines is 1. The number of hydrogen-bond donors (Lipinski definition) is 1. The van der Waals surface area contributed by atoms with E-state index in [1.165, 1.54) is 10.5 Å². The van der Waals surface area contributed by atoms with Gasteiger partial charge in [0.2, 0.25) is 11.5 Å². The highest BCUT2D eigenvalue weighted by Gasteiger charge is 2.21. The van der Waals surface area contributed by atoms with E-state index in [1.54, 1.807) is 16.8 Å². The number of hydrogen-bond acceptors (Lipinski definition) is 5. The van der Waals surface area contributed by atoms with Crippen molar-refractivity contribution in [2.24, 2.45) is 0 Å². The zero-order chi connectivity index (χ0) is 18.0. The SMILES string of the molecule is CCOCCC[n+]1c(N)c(C#N)cc2c(=O)n3cccc(C)c3nc21. The van der Waals surface area contributed by atoms with Gasteiger partial charge in [0.1, 0.15) is 17.0 Å². The molecule has 0 amide bonds. The highest BCUT2D eigenvalue weighted by molar-refractivity contribution is 5.77. The molecule has 7 nitrogen and oxygen atoms in total. The van der Waals surface area contributed by atoms with Crippen LogP contribution in [0, 0.1) is 18.3 Å². The van der Waals surface area contributed by atoms with Gasteiger partial charge in [-0.25, -0.2) is 4.57 Å². The van der Waals surface area contributed by atoms with Crippen molar-refractivity contribution in [3.05, 3.63) is 45.9 Å². The van der Waals surface area contributed by atoms with Crippen molar-refractivity contribution < 1.29 is 9.30 Å². The van der Waals surface area contributed by atoms with Crippen molar-refractivity contribution in [3.8, 4) is 6.07 Å². The molecule has 0 saturated heterocycles. The summed E-state index contributed by atoms with van der Waals surface area (Å²) in [7, 11) is 0. The molecule has 0 saturated carbocycles. The number of nitriles is 1. The number of nitrogens with two attached hydrogens (primary N) is 1. The van der Waals surface area contributed by atoms with Crippen LogP contribution in [0.25, 0.3) is 16.7 Å². The van der Waals surface area contributed by atoms with Gasteiger partial charge < -0.3 is 10.5 Å². The van der Waals surface area contributed by atoms with Crippen LogP contribution < -0.4 is 15.9 Å². The Morgan fingerprint density at radius 3 is 3.00 bits per heavy atom. The molecule has 0 bridgehead atoms. The minimum absolute atomic E-state index is 0.209. The molecule has 0 aliphatic carbocycles. The van der Waals surface area contributed by atoms with Crippen molar-refractivity contribution in [3.63, 3.8) is 0 Å². The first-order chi connectivity index (χ1) is 12.1. The molecule has 3 rings (SSSR count). The molecular formula is C18H20N5O2+. The Hall–Kier alpha value is -2.98. The third kappa shape index (κ3) is 2.92. The van der Waals surface area contributed by atoms with Crippen LogP contribution in [-0.2, 0) is 11.3 Å². The molecule has 7 heteroatoms. The van der Waals surface area contributed by atoms with Gasteiger partial charge in [-0.2, -0.15) is 5.26 Å². The minimum atomic E-state index is -0.209. The van der Waals surface area contributed by atoms with Crippen molar-refractivity contribution >= 4 is 22.5 Å². The largest absolute Gasteiger partial charge is 0.382 e. The van der Waals surface area contributed by atoms with E-state index in [-0.39, 0.29) is 11.1 Å². The normalized spacial score (nSPS) is 11.1. The molecule has 0 atom stereocenters. The van der Waals surface area contributed by atoms with E-state index < -0.39 is 0 Å². The lowest BCUT2D eigenvalue weighted by atomic mass is 10.2. The van der Waals surface area contributed by atoms with Gasteiger partial charge in [0, 0.05) is 31.4 Å². The highest BCUT2D eigenvalue weighted by atomic mass is 16.5. The molecule has 3 aromatic heterocycles. The Morgan fingerprint density at radius 1 is 1.48 bits per heavy atom. The number of aromatic nitrogens is 3. The number of aryl methyl sites for hydroxylation is 2. The molecule has 0 spiro atoms. The molecule has 0 aromatic carbocycles. The number of nitrogen functional groups attached to an aromatic ring is 1. The second-order valence-electron chi connectivity index (χ2n) is 5.80. The van der Waals surface area contributed by atoms with Crippen LogP contribution in [0.3, 0.4) is 0 Å². The van der Waals surface area contributed by atoms with Crippen molar-refractivity contribution in [1.82, 2.24) is 9.38 Å². The summed E-state index contributed by atoms with van der Waals surface area (Å²) >= 11 is 0. The maximum absolute atomic E-state index is 12.9. The predicted molar refractivity (Wildman–Crippen MR) is 94.1 cm³/mol. The smallest absolute Gasteiger partial charge is 0.278 e. The standard InChI is InChI=1S/C18H19N5O2/c1-3-25-9-5-8-22-15(20)13(11-19)10-14-17(22)21-16-12(2)6-4-7-23(16)18(14)24/h4,6-7,10,20H,3,5,8-9H2,1-2H3/p+1. The molecule has 0 aliphatic heterocycles. The van der Waals surface area contributed by atoms with Crippen LogP contribution in [0.1, 0.15) is 24.5 Å². The van der Waals surface area contributed by atoms with E-state index >= 15 is 0 Å². The lowest BCUT2D eigenvalue weighted by molar-refractivity contribution is -0.659. The Morgan fingerprint density at radius 2 is 2.28 bits per heavy atom. The lowest BCUT2D eigenvalue weighted by Gasteiger charge is -2.10. The maximum atomic E-state index is 12.9. The molecule has 128 valence electrons. The zero-order valence-corrected chi connectivity index (χ0v) is 14.3. The van der Waals surface area contributed by atoms with E-state index in [1.807, 2.05) is 19.9 Å². The molecule has 0 radical (unpaired) electrons. The Labute approximate surface area is 144 Å². The van der Waals surface area contributed by atoms with Gasteiger partial charge in [0.15, 0.2) is 0 Å². The van der Waals surface area contributed by atoms with Gasteiger partial charge in [-0.1, -0.05) is 11.1 Å². The van der Waals surface area contributed by atoms with E-state index in [9.17, 15) is 10.1 Å². The van der Waals surface area contributed by atoms with Crippen LogP contribution in [0.15, 0.2) is 29.2 Å². The van der Waals surface area contributed by atoms with Crippen molar-refractivity contribution in [2.45, 2.75) is 26.8 Å². The topological polar surface area (TPSA) is 97.3 Å². The predicted octanol–water partition coefficient (Wildman–Crippen LogP) is 1.32. The van der Waals surface area contributed by atoms with Gasteiger partial charge in [0.05, 0.1) is 6.54 Å². The molecule has 3 aromatic rings. The summed E-state index contributed by atoms with van der Waals surface area (Å²) in [5, 5.41) is 9.74. The van der Waals surface area contributed by atoms with Crippen LogP contribution >= 0.6 is 0 Å². The molecule has 2 N–H and O–H groups in total. The summed E-state index contributed by atoms with van der Waals surface area (Å²) in [6.07, 6.45) is 2.39. The van der Waals surface area contributed by atoms with Crippen molar-refractivity contribution in [1.29, 1.82) is 5.26 Å². The van der Waals surface area contributed by atoms with E-state index in [0.717, 1.165) is 5.56 Å². The monoisotopic (exact) mass is 338 g/mol. The Balaban J connectivity index is 2.30. The number of nitrogens with zero attached hydrogens (tertiary/aromatic N) is 4. The summed E-state index contributed by atoms with van der Waals surface area (Å²) in [4.78, 5) is 17.6. The number of ether oxygens (including phenoxy) is 1. The fourth-order valence-corrected chi connectivity index (χ4v) is 2.90. The first-order valence-corrected chi connectivity index (χ1v) is 8.20. The lowest BCUT2D eigenvalue weighted by Crippen LogP contribution is -2.41. The molecule has 3 heterocycles. The van der Waals surface area contributed by atoms with Crippen LogP contribution in [0.4, 0.5) is 5.82 Å². The number of fused-ring (bicyclic) bond motifs is 2. The van der Waals surface area contributed by atoms with Gasteiger partial charge in [-0.05, 0) is 26.0 Å². The van der Waals surface area contributed by atoms with Gasteiger partial charge in [-0.15, -0.1) is 0 Å². The highest BCUT2D eigenvalue weighted by Crippen LogP contribution is 2.15. The second kappa shape index (κ2) is 6.87. The van der Waals surface area contributed by atoms with Crippen molar-refractivity contribution in [2.75, 3.05) is 18.9 Å². The third-order valence-electron chi connectivity index (χ3n) is 4.17. The van der Waals surface area contributed by atoms with E-state index in [4.69, 9.17) is 10.5 Å². The van der Waals surface area contributed by atoms with Gasteiger partial charge in [0.25, 0.3) is 11.2 Å². The maximum Gasteiger partial charge on any atom is 0.278 e. The number of pyridine rings is 2. The van der Waals surface area contributed by atoms with Crippen LogP contribution in [-0.4, -0.2) is 22.6 Å².